The summed E-state index contributed by atoms with van der Waals surface area (Å²) < 4.78 is 13.3. The number of hydrogen-bond acceptors (Lipinski definition) is 3. The second-order valence-electron chi connectivity index (χ2n) is 3.92. The van der Waals surface area contributed by atoms with E-state index in [1.54, 1.807) is 17.4 Å². The number of hydrogen-bond donors (Lipinski definition) is 2. The highest BCUT2D eigenvalue weighted by Crippen LogP contribution is 2.18. The number of carbonyl (C=O) groups excluding carboxylic acids is 1. The van der Waals surface area contributed by atoms with Crippen LogP contribution in [0.5, 0.6) is 0 Å². The predicted octanol–water partition coefficient (Wildman–Crippen LogP) is 2.91. The summed E-state index contributed by atoms with van der Waals surface area (Å²) in [6, 6.07) is 8.33. The minimum atomic E-state index is -0.761. The lowest BCUT2D eigenvalue weighted by atomic mass is 10.2. The summed E-state index contributed by atoms with van der Waals surface area (Å²) in [5.41, 5.74) is 5.67. The molecule has 0 fully saturated rings. The van der Waals surface area contributed by atoms with Crippen LogP contribution in [0, 0.1) is 12.7 Å². The van der Waals surface area contributed by atoms with Crippen molar-refractivity contribution in [1.82, 2.24) is 0 Å². The normalized spacial score (nSPS) is 10.3. The van der Waals surface area contributed by atoms with Crippen LogP contribution in [-0.2, 0) is 6.54 Å². The summed E-state index contributed by atoms with van der Waals surface area (Å²) in [7, 11) is 0. The summed E-state index contributed by atoms with van der Waals surface area (Å²) in [5.74, 6) is -1.36. The molecule has 1 heterocycles. The van der Waals surface area contributed by atoms with Gasteiger partial charge in [0.2, 0.25) is 0 Å². The summed E-state index contributed by atoms with van der Waals surface area (Å²) in [5, 5.41) is 3.13. The van der Waals surface area contributed by atoms with E-state index in [-0.39, 0.29) is 5.56 Å². The Bertz CT molecular complexity index is 580. The number of amides is 1. The van der Waals surface area contributed by atoms with E-state index in [0.717, 1.165) is 0 Å². The van der Waals surface area contributed by atoms with Gasteiger partial charge < -0.3 is 11.1 Å². The van der Waals surface area contributed by atoms with Gasteiger partial charge in [-0.05, 0) is 37.3 Å². The average Bonchev–Trinajstić information content (AvgIpc) is 2.74. The van der Waals surface area contributed by atoms with Crippen molar-refractivity contribution in [2.45, 2.75) is 13.5 Å². The van der Waals surface area contributed by atoms with Gasteiger partial charge in [-0.1, -0.05) is 0 Å². The molecule has 0 saturated heterocycles. The van der Waals surface area contributed by atoms with E-state index in [0.29, 0.717) is 12.2 Å². The number of nitrogens with one attached hydrogen (secondary N) is 1. The smallest absolute Gasteiger partial charge is 0.251 e. The van der Waals surface area contributed by atoms with Gasteiger partial charge in [0.25, 0.3) is 5.91 Å². The first-order valence-electron chi connectivity index (χ1n) is 5.45. The highest BCUT2D eigenvalue weighted by molar-refractivity contribution is 7.11. The molecule has 2 aromatic rings. The van der Waals surface area contributed by atoms with Crippen LogP contribution in [0.2, 0.25) is 0 Å². The summed E-state index contributed by atoms with van der Waals surface area (Å²) in [6.07, 6.45) is 0. The molecule has 0 bridgehead atoms. The van der Waals surface area contributed by atoms with Crippen molar-refractivity contribution in [3.8, 4) is 0 Å². The third kappa shape index (κ3) is 2.87. The maximum absolute atomic E-state index is 13.3. The fourth-order valence-corrected chi connectivity index (χ4v) is 2.42. The molecule has 0 atom stereocenters. The zero-order valence-corrected chi connectivity index (χ0v) is 10.7. The second-order valence-corrected chi connectivity index (χ2v) is 5.30. The van der Waals surface area contributed by atoms with E-state index < -0.39 is 11.7 Å². The monoisotopic (exact) mass is 264 g/mol. The number of rotatable bonds is 4. The van der Waals surface area contributed by atoms with Gasteiger partial charge in [-0.3, -0.25) is 4.79 Å². The molecular formula is C13H13FN2OS. The molecule has 0 saturated carbocycles. The van der Waals surface area contributed by atoms with Crippen molar-refractivity contribution in [3.05, 3.63) is 51.5 Å². The van der Waals surface area contributed by atoms with Gasteiger partial charge in [-0.15, -0.1) is 11.3 Å². The Morgan fingerprint density at radius 2 is 2.17 bits per heavy atom. The number of thiophene rings is 1. The Kier molecular flexibility index (Phi) is 3.62. The van der Waals surface area contributed by atoms with E-state index in [9.17, 15) is 9.18 Å². The van der Waals surface area contributed by atoms with Gasteiger partial charge >= 0.3 is 0 Å². The summed E-state index contributed by atoms with van der Waals surface area (Å²) >= 11 is 1.69. The van der Waals surface area contributed by atoms with Gasteiger partial charge in [0.15, 0.2) is 0 Å². The highest BCUT2D eigenvalue weighted by atomic mass is 32.1. The zero-order valence-electron chi connectivity index (χ0n) is 9.87. The number of anilines is 1. The fraction of sp³-hybridized carbons (Fsp3) is 0.154. The van der Waals surface area contributed by atoms with Crippen LogP contribution in [0.15, 0.2) is 30.3 Å². The van der Waals surface area contributed by atoms with Crippen LogP contribution in [0.3, 0.4) is 0 Å². The number of aryl methyl sites for hydroxylation is 1. The molecular weight excluding hydrogens is 251 g/mol. The number of carbonyl (C=O) groups is 1. The Balaban J connectivity index is 2.10. The van der Waals surface area contributed by atoms with Crippen LogP contribution in [0.4, 0.5) is 10.1 Å². The zero-order chi connectivity index (χ0) is 13.1. The molecule has 2 rings (SSSR count). The molecule has 18 heavy (non-hydrogen) atoms. The van der Waals surface area contributed by atoms with Crippen LogP contribution in [-0.4, -0.2) is 5.91 Å². The van der Waals surface area contributed by atoms with Crippen molar-refractivity contribution in [1.29, 1.82) is 0 Å². The predicted molar refractivity (Wildman–Crippen MR) is 71.3 cm³/mol. The maximum atomic E-state index is 13.3. The quantitative estimate of drug-likeness (QED) is 0.892. The van der Waals surface area contributed by atoms with E-state index in [4.69, 9.17) is 5.73 Å². The van der Waals surface area contributed by atoms with Gasteiger partial charge in [-0.2, -0.15) is 0 Å². The largest absolute Gasteiger partial charge is 0.380 e. The molecule has 0 aliphatic carbocycles. The Hall–Kier alpha value is -1.88. The average molecular weight is 264 g/mol. The van der Waals surface area contributed by atoms with Crippen molar-refractivity contribution >= 4 is 22.9 Å². The Morgan fingerprint density at radius 3 is 2.78 bits per heavy atom. The number of nitrogens with two attached hydrogens (primary N) is 1. The van der Waals surface area contributed by atoms with Crippen molar-refractivity contribution in [3.63, 3.8) is 0 Å². The van der Waals surface area contributed by atoms with E-state index >= 15 is 0 Å². The lowest BCUT2D eigenvalue weighted by molar-refractivity contribution is 0.0996. The van der Waals surface area contributed by atoms with E-state index in [1.165, 1.54) is 21.9 Å². The van der Waals surface area contributed by atoms with Crippen molar-refractivity contribution < 1.29 is 9.18 Å². The van der Waals surface area contributed by atoms with E-state index in [1.807, 2.05) is 19.1 Å². The first-order valence-corrected chi connectivity index (χ1v) is 6.26. The first kappa shape index (κ1) is 12.6. The molecule has 3 N–H and O–H groups in total. The van der Waals surface area contributed by atoms with Crippen molar-refractivity contribution in [2.75, 3.05) is 5.32 Å². The van der Waals surface area contributed by atoms with Crippen LogP contribution < -0.4 is 11.1 Å². The lowest BCUT2D eigenvalue weighted by Crippen LogP contribution is -2.13. The molecule has 1 aromatic heterocycles. The van der Waals surface area contributed by atoms with Gasteiger partial charge in [0.1, 0.15) is 5.82 Å². The number of primary amides is 1. The molecule has 0 radical (unpaired) electrons. The third-order valence-electron chi connectivity index (χ3n) is 2.49. The van der Waals surface area contributed by atoms with Gasteiger partial charge in [0.05, 0.1) is 5.56 Å². The van der Waals surface area contributed by atoms with Crippen LogP contribution in [0.1, 0.15) is 20.1 Å². The van der Waals surface area contributed by atoms with E-state index in [2.05, 4.69) is 5.32 Å². The maximum Gasteiger partial charge on any atom is 0.251 e. The SMILES string of the molecule is Cc1ccc(CNc2ccc(F)c(C(N)=O)c2)s1. The summed E-state index contributed by atoms with van der Waals surface area (Å²) in [6.45, 7) is 2.68. The van der Waals surface area contributed by atoms with Crippen LogP contribution in [0.25, 0.3) is 0 Å². The molecule has 94 valence electrons. The molecule has 0 spiro atoms. The molecule has 0 aliphatic heterocycles. The van der Waals surface area contributed by atoms with Crippen LogP contribution >= 0.6 is 11.3 Å². The minimum Gasteiger partial charge on any atom is -0.380 e. The molecule has 0 aliphatic rings. The Labute approximate surface area is 108 Å². The second kappa shape index (κ2) is 5.18. The molecule has 1 amide bonds. The lowest BCUT2D eigenvalue weighted by Gasteiger charge is -2.06. The third-order valence-corrected chi connectivity index (χ3v) is 3.50. The standard InChI is InChI=1S/C13H13FN2OS/c1-8-2-4-10(18-8)7-16-9-3-5-12(14)11(6-9)13(15)17/h2-6,16H,7H2,1H3,(H2,15,17). The molecule has 3 nitrogen and oxygen atoms in total. The fourth-order valence-electron chi connectivity index (χ4n) is 1.59. The minimum absolute atomic E-state index is 0.0950. The molecule has 1 aromatic carbocycles. The number of halogens is 1. The summed E-state index contributed by atoms with van der Waals surface area (Å²) in [4.78, 5) is 13.4. The van der Waals surface area contributed by atoms with Crippen molar-refractivity contribution in [2.24, 2.45) is 5.73 Å². The first-order chi connectivity index (χ1) is 8.56. The topological polar surface area (TPSA) is 55.1 Å². The Morgan fingerprint density at radius 1 is 1.39 bits per heavy atom. The molecule has 0 unspecified atom stereocenters. The highest BCUT2D eigenvalue weighted by Gasteiger charge is 2.08. The van der Waals surface area contributed by atoms with Gasteiger partial charge in [-0.25, -0.2) is 4.39 Å². The number of benzene rings is 1. The molecule has 5 heteroatoms. The van der Waals surface area contributed by atoms with Gasteiger partial charge in [0, 0.05) is 22.0 Å².